The Hall–Kier alpha value is -3.28. The number of fused-ring (bicyclic) bond motifs is 2. The molecule has 3 aromatic heterocycles. The van der Waals surface area contributed by atoms with Crippen LogP contribution in [0, 0.1) is 6.92 Å². The Morgan fingerprint density at radius 1 is 1.14 bits per heavy atom. The zero-order chi connectivity index (χ0) is 20.1. The van der Waals surface area contributed by atoms with E-state index in [-0.39, 0.29) is 11.1 Å². The van der Waals surface area contributed by atoms with Crippen LogP contribution in [0.5, 0.6) is 5.75 Å². The minimum absolute atomic E-state index is 0.182. The van der Waals surface area contributed by atoms with Crippen LogP contribution in [-0.4, -0.2) is 27.0 Å². The summed E-state index contributed by atoms with van der Waals surface area (Å²) in [4.78, 5) is 20.7. The number of aromatic nitrogens is 3. The molecule has 4 aromatic rings. The summed E-state index contributed by atoms with van der Waals surface area (Å²) >= 11 is 0. The number of benzene rings is 1. The topological polar surface area (TPSA) is 71.4 Å². The highest BCUT2D eigenvalue weighted by molar-refractivity contribution is 5.87. The molecule has 1 aromatic carbocycles. The standard InChI is InChI=1S/C22H24N4O2/c1-13-7-6-8-18-24-19(20(26(13)18)25-22(2,3)4)16-11-14-9-10-15(28-5)12-17(14)23-21(16)27/h6-12,25H,1-5H3,(H,23,27). The number of ether oxygens (including phenoxy) is 1. The van der Waals surface area contributed by atoms with Gasteiger partial charge in [-0.3, -0.25) is 9.20 Å². The van der Waals surface area contributed by atoms with E-state index in [4.69, 9.17) is 9.72 Å². The van der Waals surface area contributed by atoms with Crippen LogP contribution in [0.2, 0.25) is 0 Å². The minimum atomic E-state index is -0.191. The van der Waals surface area contributed by atoms with E-state index in [1.807, 2.05) is 49.4 Å². The van der Waals surface area contributed by atoms with E-state index in [0.717, 1.165) is 28.1 Å². The molecule has 0 spiro atoms. The molecule has 0 unspecified atom stereocenters. The Labute approximate surface area is 163 Å². The molecule has 0 aliphatic carbocycles. The first-order valence-corrected chi connectivity index (χ1v) is 9.24. The molecule has 28 heavy (non-hydrogen) atoms. The van der Waals surface area contributed by atoms with Gasteiger partial charge in [0, 0.05) is 17.3 Å². The summed E-state index contributed by atoms with van der Waals surface area (Å²) < 4.78 is 7.31. The second-order valence-corrected chi connectivity index (χ2v) is 8.01. The van der Waals surface area contributed by atoms with Crippen molar-refractivity contribution < 1.29 is 4.74 Å². The lowest BCUT2D eigenvalue weighted by atomic mass is 10.1. The highest BCUT2D eigenvalue weighted by atomic mass is 16.5. The Kier molecular flexibility index (Phi) is 4.14. The number of H-pyrrole nitrogens is 1. The first-order chi connectivity index (χ1) is 13.3. The van der Waals surface area contributed by atoms with Crippen LogP contribution in [0.4, 0.5) is 5.82 Å². The minimum Gasteiger partial charge on any atom is -0.497 e. The van der Waals surface area contributed by atoms with E-state index >= 15 is 0 Å². The van der Waals surface area contributed by atoms with Crippen molar-refractivity contribution in [1.82, 2.24) is 14.4 Å². The van der Waals surface area contributed by atoms with Gasteiger partial charge >= 0.3 is 0 Å². The molecule has 0 bridgehead atoms. The van der Waals surface area contributed by atoms with E-state index in [9.17, 15) is 4.79 Å². The van der Waals surface area contributed by atoms with Crippen molar-refractivity contribution >= 4 is 22.4 Å². The third kappa shape index (κ3) is 3.11. The third-order valence-corrected chi connectivity index (χ3v) is 4.64. The van der Waals surface area contributed by atoms with Crippen molar-refractivity contribution in [2.75, 3.05) is 12.4 Å². The molecule has 0 radical (unpaired) electrons. The Balaban J connectivity index is 2.01. The monoisotopic (exact) mass is 376 g/mol. The molecule has 144 valence electrons. The fraction of sp³-hybridized carbons (Fsp3) is 0.273. The first-order valence-electron chi connectivity index (χ1n) is 9.24. The van der Waals surface area contributed by atoms with Crippen LogP contribution in [0.3, 0.4) is 0 Å². The van der Waals surface area contributed by atoms with Gasteiger partial charge in [0.25, 0.3) is 5.56 Å². The number of hydrogen-bond acceptors (Lipinski definition) is 4. The molecule has 0 saturated heterocycles. The first kappa shape index (κ1) is 18.1. The van der Waals surface area contributed by atoms with Gasteiger partial charge in [0.15, 0.2) is 0 Å². The van der Waals surface area contributed by atoms with Crippen molar-refractivity contribution in [2.24, 2.45) is 0 Å². The van der Waals surface area contributed by atoms with E-state index in [1.165, 1.54) is 0 Å². The third-order valence-electron chi connectivity index (χ3n) is 4.64. The maximum atomic E-state index is 12.9. The van der Waals surface area contributed by atoms with Crippen LogP contribution in [0.15, 0.2) is 47.3 Å². The molecule has 6 heteroatoms. The van der Waals surface area contributed by atoms with Gasteiger partial charge in [0.1, 0.15) is 22.9 Å². The van der Waals surface area contributed by atoms with E-state index in [0.29, 0.717) is 17.0 Å². The summed E-state index contributed by atoms with van der Waals surface area (Å²) in [5.41, 5.74) is 3.39. The number of methoxy groups -OCH3 is 1. The smallest absolute Gasteiger partial charge is 0.258 e. The Morgan fingerprint density at radius 3 is 2.64 bits per heavy atom. The number of aromatic amines is 1. The number of imidazole rings is 1. The van der Waals surface area contributed by atoms with Crippen LogP contribution < -0.4 is 15.6 Å². The van der Waals surface area contributed by atoms with Gasteiger partial charge in [0.2, 0.25) is 0 Å². The highest BCUT2D eigenvalue weighted by Gasteiger charge is 2.22. The van der Waals surface area contributed by atoms with Gasteiger partial charge in [-0.2, -0.15) is 0 Å². The van der Waals surface area contributed by atoms with Crippen molar-refractivity contribution in [3.8, 4) is 17.0 Å². The lowest BCUT2D eigenvalue weighted by molar-refractivity contribution is 0.415. The van der Waals surface area contributed by atoms with E-state index in [2.05, 4.69) is 35.5 Å². The molecule has 3 heterocycles. The molecule has 6 nitrogen and oxygen atoms in total. The average molecular weight is 376 g/mol. The number of aryl methyl sites for hydroxylation is 1. The lowest BCUT2D eigenvalue weighted by Gasteiger charge is -2.23. The molecule has 2 N–H and O–H groups in total. The fourth-order valence-corrected chi connectivity index (χ4v) is 3.40. The predicted octanol–water partition coefficient (Wildman–Crippen LogP) is 4.37. The summed E-state index contributed by atoms with van der Waals surface area (Å²) in [6, 6.07) is 13.5. The molecule has 0 aliphatic heterocycles. The maximum Gasteiger partial charge on any atom is 0.258 e. The second kappa shape index (κ2) is 6.41. The Bertz CT molecular complexity index is 1250. The molecule has 4 rings (SSSR count). The molecule has 0 amide bonds. The quantitative estimate of drug-likeness (QED) is 0.557. The lowest BCUT2D eigenvalue weighted by Crippen LogP contribution is -2.27. The van der Waals surface area contributed by atoms with Gasteiger partial charge in [0.05, 0.1) is 18.2 Å². The van der Waals surface area contributed by atoms with E-state index in [1.54, 1.807) is 7.11 Å². The molecule has 0 atom stereocenters. The Morgan fingerprint density at radius 2 is 1.93 bits per heavy atom. The normalized spacial score (nSPS) is 11.9. The van der Waals surface area contributed by atoms with Crippen molar-refractivity contribution in [3.63, 3.8) is 0 Å². The van der Waals surface area contributed by atoms with Crippen LogP contribution >= 0.6 is 0 Å². The van der Waals surface area contributed by atoms with Gasteiger partial charge in [-0.25, -0.2) is 4.98 Å². The number of hydrogen-bond donors (Lipinski definition) is 2. The maximum absolute atomic E-state index is 12.9. The molecular weight excluding hydrogens is 352 g/mol. The molecule has 0 saturated carbocycles. The second-order valence-electron chi connectivity index (χ2n) is 8.01. The average Bonchev–Trinajstić information content (AvgIpc) is 2.98. The SMILES string of the molecule is COc1ccc2cc(-c3nc4cccc(C)n4c3NC(C)(C)C)c(=O)[nH]c2c1. The predicted molar refractivity (Wildman–Crippen MR) is 113 cm³/mol. The van der Waals surface area contributed by atoms with Gasteiger partial charge in [-0.1, -0.05) is 6.07 Å². The summed E-state index contributed by atoms with van der Waals surface area (Å²) in [5.74, 6) is 1.52. The van der Waals surface area contributed by atoms with Gasteiger partial charge in [-0.15, -0.1) is 0 Å². The van der Waals surface area contributed by atoms with Crippen LogP contribution in [0.1, 0.15) is 26.5 Å². The molecule has 0 aliphatic rings. The zero-order valence-electron chi connectivity index (χ0n) is 16.8. The van der Waals surface area contributed by atoms with E-state index < -0.39 is 0 Å². The molecule has 0 fully saturated rings. The summed E-state index contributed by atoms with van der Waals surface area (Å²) in [5, 5.41) is 4.46. The molecular formula is C22H24N4O2. The largest absolute Gasteiger partial charge is 0.497 e. The summed E-state index contributed by atoms with van der Waals surface area (Å²) in [7, 11) is 1.61. The number of nitrogens with zero attached hydrogens (tertiary/aromatic N) is 2. The van der Waals surface area contributed by atoms with Crippen molar-refractivity contribution in [1.29, 1.82) is 0 Å². The number of anilines is 1. The number of rotatable bonds is 3. The summed E-state index contributed by atoms with van der Waals surface area (Å²) in [6.45, 7) is 8.30. The van der Waals surface area contributed by atoms with Gasteiger partial charge in [-0.05, 0) is 63.4 Å². The fourth-order valence-electron chi connectivity index (χ4n) is 3.40. The summed E-state index contributed by atoms with van der Waals surface area (Å²) in [6.07, 6.45) is 0. The van der Waals surface area contributed by atoms with Crippen molar-refractivity contribution in [2.45, 2.75) is 33.2 Å². The number of nitrogens with one attached hydrogen (secondary N) is 2. The highest BCUT2D eigenvalue weighted by Crippen LogP contribution is 2.31. The zero-order valence-corrected chi connectivity index (χ0v) is 16.8. The van der Waals surface area contributed by atoms with Crippen LogP contribution in [-0.2, 0) is 0 Å². The van der Waals surface area contributed by atoms with Gasteiger partial charge < -0.3 is 15.0 Å². The van der Waals surface area contributed by atoms with Crippen LogP contribution in [0.25, 0.3) is 27.8 Å². The van der Waals surface area contributed by atoms with Crippen molar-refractivity contribution in [3.05, 3.63) is 58.5 Å². The number of pyridine rings is 2.